The van der Waals surface area contributed by atoms with E-state index in [-0.39, 0.29) is 11.5 Å². The molecule has 0 radical (unpaired) electrons. The lowest BCUT2D eigenvalue weighted by atomic mass is 10.2. The molecule has 0 bridgehead atoms. The number of hydrogen-bond donors (Lipinski definition) is 1. The van der Waals surface area contributed by atoms with Gasteiger partial charge in [0, 0.05) is 6.42 Å². The van der Waals surface area contributed by atoms with Gasteiger partial charge in [-0.3, -0.25) is 4.79 Å². The Morgan fingerprint density at radius 3 is 2.60 bits per heavy atom. The lowest BCUT2D eigenvalue weighted by Gasteiger charge is -1.89. The molecule has 0 spiro atoms. The minimum Gasteiger partial charge on any atom is -0.504 e. The molecular formula is C8H10O2. The zero-order valence-corrected chi connectivity index (χ0v) is 5.92. The highest BCUT2D eigenvalue weighted by Gasteiger charge is 2.19. The van der Waals surface area contributed by atoms with Gasteiger partial charge in [-0.25, -0.2) is 0 Å². The Morgan fingerprint density at radius 1 is 1.50 bits per heavy atom. The van der Waals surface area contributed by atoms with E-state index < -0.39 is 0 Å². The minimum atomic E-state index is -0.131. The topological polar surface area (TPSA) is 37.3 Å². The quantitative estimate of drug-likeness (QED) is 0.599. The first-order valence-electron chi connectivity index (χ1n) is 3.33. The molecule has 10 heavy (non-hydrogen) atoms. The van der Waals surface area contributed by atoms with Gasteiger partial charge in [0.1, 0.15) is 0 Å². The van der Waals surface area contributed by atoms with Crippen LogP contribution in [0.25, 0.3) is 0 Å². The van der Waals surface area contributed by atoms with Crippen LogP contribution in [-0.4, -0.2) is 10.9 Å². The van der Waals surface area contributed by atoms with Crippen molar-refractivity contribution in [3.05, 3.63) is 23.5 Å². The first-order chi connectivity index (χ1) is 4.75. The molecule has 1 aliphatic rings. The molecule has 0 atom stereocenters. The Labute approximate surface area is 59.9 Å². The first kappa shape index (κ1) is 7.06. The van der Waals surface area contributed by atoms with Crippen LogP contribution in [0, 0.1) is 0 Å². The third-order valence-corrected chi connectivity index (χ3v) is 1.56. The number of ketones is 1. The van der Waals surface area contributed by atoms with Gasteiger partial charge in [0.15, 0.2) is 11.5 Å². The molecule has 1 N–H and O–H groups in total. The van der Waals surface area contributed by atoms with Crippen LogP contribution in [0.5, 0.6) is 0 Å². The standard InChI is InChI=1S/C8H10O2/c1-2-3-6-4-5-7(9)8(6)10/h2-3,10H,4-5H2,1H3/b3-2+. The van der Waals surface area contributed by atoms with Crippen molar-refractivity contribution in [1.82, 2.24) is 0 Å². The molecule has 0 aliphatic heterocycles. The van der Waals surface area contributed by atoms with Crippen molar-refractivity contribution in [3.8, 4) is 0 Å². The van der Waals surface area contributed by atoms with E-state index in [0.29, 0.717) is 12.8 Å². The van der Waals surface area contributed by atoms with E-state index in [4.69, 9.17) is 5.11 Å². The second-order valence-electron chi connectivity index (χ2n) is 2.30. The van der Waals surface area contributed by atoms with E-state index in [1.54, 1.807) is 6.08 Å². The van der Waals surface area contributed by atoms with Crippen molar-refractivity contribution in [2.24, 2.45) is 0 Å². The highest BCUT2D eigenvalue weighted by Crippen LogP contribution is 2.21. The second kappa shape index (κ2) is 2.69. The van der Waals surface area contributed by atoms with Crippen molar-refractivity contribution in [1.29, 1.82) is 0 Å². The highest BCUT2D eigenvalue weighted by atomic mass is 16.3. The number of Topliss-reactive ketones (excluding diaryl/α,β-unsaturated/α-hetero) is 1. The molecule has 0 fully saturated rings. The zero-order valence-electron chi connectivity index (χ0n) is 5.92. The van der Waals surface area contributed by atoms with Crippen molar-refractivity contribution in [2.45, 2.75) is 19.8 Å². The van der Waals surface area contributed by atoms with Gasteiger partial charge in [0.05, 0.1) is 0 Å². The van der Waals surface area contributed by atoms with Gasteiger partial charge in [-0.05, 0) is 18.9 Å². The van der Waals surface area contributed by atoms with E-state index in [1.807, 2.05) is 13.0 Å². The molecule has 0 aromatic carbocycles. The molecule has 1 aliphatic carbocycles. The first-order valence-corrected chi connectivity index (χ1v) is 3.33. The average Bonchev–Trinajstić information content (AvgIpc) is 2.20. The van der Waals surface area contributed by atoms with Crippen LogP contribution in [0.4, 0.5) is 0 Å². The van der Waals surface area contributed by atoms with Crippen molar-refractivity contribution in [2.75, 3.05) is 0 Å². The predicted octanol–water partition coefficient (Wildman–Crippen LogP) is 1.74. The number of carbonyl (C=O) groups is 1. The van der Waals surface area contributed by atoms with Crippen LogP contribution in [-0.2, 0) is 4.79 Å². The summed E-state index contributed by atoms with van der Waals surface area (Å²) < 4.78 is 0. The lowest BCUT2D eigenvalue weighted by Crippen LogP contribution is -1.93. The molecule has 1 rings (SSSR count). The van der Waals surface area contributed by atoms with E-state index >= 15 is 0 Å². The summed E-state index contributed by atoms with van der Waals surface area (Å²) in [5, 5.41) is 9.07. The summed E-state index contributed by atoms with van der Waals surface area (Å²) in [7, 11) is 0. The summed E-state index contributed by atoms with van der Waals surface area (Å²) >= 11 is 0. The Balaban J connectivity index is 2.85. The van der Waals surface area contributed by atoms with Gasteiger partial charge in [-0.1, -0.05) is 12.2 Å². The summed E-state index contributed by atoms with van der Waals surface area (Å²) in [5.41, 5.74) is 0.771. The Kier molecular flexibility index (Phi) is 1.90. The normalized spacial score (nSPS) is 19.5. The fraction of sp³-hybridized carbons (Fsp3) is 0.375. The summed E-state index contributed by atoms with van der Waals surface area (Å²) in [6.45, 7) is 1.86. The molecule has 0 unspecified atom stereocenters. The molecule has 0 amide bonds. The zero-order chi connectivity index (χ0) is 7.56. The molecule has 2 nitrogen and oxygen atoms in total. The molecule has 0 saturated heterocycles. The van der Waals surface area contributed by atoms with Gasteiger partial charge in [-0.2, -0.15) is 0 Å². The highest BCUT2D eigenvalue weighted by molar-refractivity contribution is 5.96. The van der Waals surface area contributed by atoms with E-state index in [2.05, 4.69) is 0 Å². The SMILES string of the molecule is C/C=C/C1=C(O)C(=O)CC1. The summed E-state index contributed by atoms with van der Waals surface area (Å²) in [5.74, 6) is -0.175. The van der Waals surface area contributed by atoms with Crippen LogP contribution in [0.15, 0.2) is 23.5 Å². The maximum absolute atomic E-state index is 10.7. The lowest BCUT2D eigenvalue weighted by molar-refractivity contribution is -0.117. The fourth-order valence-electron chi connectivity index (χ4n) is 1.03. The summed E-state index contributed by atoms with van der Waals surface area (Å²) in [4.78, 5) is 10.7. The van der Waals surface area contributed by atoms with Gasteiger partial charge >= 0.3 is 0 Å². The minimum absolute atomic E-state index is 0.0434. The van der Waals surface area contributed by atoms with Crippen molar-refractivity contribution >= 4 is 5.78 Å². The van der Waals surface area contributed by atoms with Gasteiger partial charge < -0.3 is 5.11 Å². The third-order valence-electron chi connectivity index (χ3n) is 1.56. The van der Waals surface area contributed by atoms with Crippen LogP contribution >= 0.6 is 0 Å². The van der Waals surface area contributed by atoms with Gasteiger partial charge in [-0.15, -0.1) is 0 Å². The summed E-state index contributed by atoms with van der Waals surface area (Å²) in [6.07, 6.45) is 4.75. The molecule has 0 saturated carbocycles. The third kappa shape index (κ3) is 1.10. The molecule has 2 heteroatoms. The number of aliphatic hydroxyl groups excluding tert-OH is 1. The number of rotatable bonds is 1. The smallest absolute Gasteiger partial charge is 0.197 e. The average molecular weight is 138 g/mol. The second-order valence-corrected chi connectivity index (χ2v) is 2.30. The molecule has 54 valence electrons. The van der Waals surface area contributed by atoms with Crippen LogP contribution in [0.1, 0.15) is 19.8 Å². The van der Waals surface area contributed by atoms with E-state index in [0.717, 1.165) is 5.57 Å². The van der Waals surface area contributed by atoms with E-state index in [1.165, 1.54) is 0 Å². The molecule has 0 heterocycles. The predicted molar refractivity (Wildman–Crippen MR) is 38.7 cm³/mol. The number of aliphatic hydroxyl groups is 1. The van der Waals surface area contributed by atoms with Gasteiger partial charge in [0.2, 0.25) is 0 Å². The Hall–Kier alpha value is -1.05. The van der Waals surface area contributed by atoms with Crippen molar-refractivity contribution < 1.29 is 9.90 Å². The maximum atomic E-state index is 10.7. The van der Waals surface area contributed by atoms with Crippen molar-refractivity contribution in [3.63, 3.8) is 0 Å². The number of allylic oxidation sites excluding steroid dienone is 4. The molecule has 0 aromatic rings. The van der Waals surface area contributed by atoms with Crippen LogP contribution in [0.3, 0.4) is 0 Å². The molecular weight excluding hydrogens is 128 g/mol. The maximum Gasteiger partial charge on any atom is 0.197 e. The fourth-order valence-corrected chi connectivity index (χ4v) is 1.03. The summed E-state index contributed by atoms with van der Waals surface area (Å²) in [6, 6.07) is 0. The largest absolute Gasteiger partial charge is 0.504 e. The Morgan fingerprint density at radius 2 is 2.20 bits per heavy atom. The molecule has 0 aromatic heterocycles. The number of carbonyl (C=O) groups excluding carboxylic acids is 1. The van der Waals surface area contributed by atoms with Crippen LogP contribution in [0.2, 0.25) is 0 Å². The number of hydrogen-bond acceptors (Lipinski definition) is 2. The van der Waals surface area contributed by atoms with E-state index in [9.17, 15) is 4.79 Å². The van der Waals surface area contributed by atoms with Gasteiger partial charge in [0.25, 0.3) is 0 Å². The Bertz CT molecular complexity index is 211. The monoisotopic (exact) mass is 138 g/mol. The van der Waals surface area contributed by atoms with Crippen LogP contribution < -0.4 is 0 Å².